The fraction of sp³-hybridized carbons (Fsp3) is 0.389. The molecule has 6 nitrogen and oxygen atoms in total. The number of nitrogens with zero attached hydrogens (tertiary/aromatic N) is 1. The molecule has 3 N–H and O–H groups in total. The molecule has 1 unspecified atom stereocenters. The largest absolute Gasteiger partial charge is 0.354 e. The molecule has 0 spiro atoms. The molecule has 2 rings (SSSR count). The Morgan fingerprint density at radius 3 is 2.42 bits per heavy atom. The number of benzene rings is 1. The van der Waals surface area contributed by atoms with Crippen LogP contribution in [0.2, 0.25) is 0 Å². The van der Waals surface area contributed by atoms with E-state index in [4.69, 9.17) is 5.73 Å². The van der Waals surface area contributed by atoms with E-state index in [1.807, 2.05) is 44.2 Å². The maximum Gasteiger partial charge on any atom is 0.252 e. The summed E-state index contributed by atoms with van der Waals surface area (Å²) in [6.07, 6.45) is 0.561. The average molecular weight is 396 g/mol. The van der Waals surface area contributed by atoms with Crippen LogP contribution in [0.4, 0.5) is 0 Å². The van der Waals surface area contributed by atoms with Crippen molar-refractivity contribution >= 4 is 27.3 Å². The zero-order valence-corrected chi connectivity index (χ0v) is 16.6. The molecule has 2 aromatic rings. The number of carbonyl (C=O) groups is 1. The Morgan fingerprint density at radius 1 is 1.15 bits per heavy atom. The Labute approximate surface area is 159 Å². The number of rotatable bonds is 9. The molecule has 0 bridgehead atoms. The lowest BCUT2D eigenvalue weighted by Gasteiger charge is -2.16. The highest BCUT2D eigenvalue weighted by molar-refractivity contribution is 7.91. The number of amides is 1. The maximum absolute atomic E-state index is 12.5. The summed E-state index contributed by atoms with van der Waals surface area (Å²) in [5.41, 5.74) is 6.71. The fourth-order valence-electron chi connectivity index (χ4n) is 2.55. The Kier molecular flexibility index (Phi) is 7.33. The summed E-state index contributed by atoms with van der Waals surface area (Å²) in [5, 5.41) is 2.81. The second-order valence-corrected chi connectivity index (χ2v) is 9.07. The standard InChI is InChI=1S/C18H25N3O3S2/c1-3-21(4-2)26(23,24)16-11-10-15(25-16)12-13-20-18(22)17(19)14-8-6-5-7-9-14/h5-11,17H,3-4,12-13,19H2,1-2H3,(H,20,22). The molecule has 1 atom stereocenters. The van der Waals surface area contributed by atoms with Crippen LogP contribution < -0.4 is 11.1 Å². The molecule has 1 aromatic heterocycles. The lowest BCUT2D eigenvalue weighted by molar-refractivity contribution is -0.122. The van der Waals surface area contributed by atoms with Gasteiger partial charge in [0.15, 0.2) is 0 Å². The maximum atomic E-state index is 12.5. The summed E-state index contributed by atoms with van der Waals surface area (Å²) in [6.45, 7) is 4.94. The highest BCUT2D eigenvalue weighted by Crippen LogP contribution is 2.25. The first kappa shape index (κ1) is 20.6. The van der Waals surface area contributed by atoms with E-state index in [1.54, 1.807) is 12.1 Å². The topological polar surface area (TPSA) is 92.5 Å². The summed E-state index contributed by atoms with van der Waals surface area (Å²) < 4.78 is 26.7. The molecule has 142 valence electrons. The lowest BCUT2D eigenvalue weighted by Crippen LogP contribution is -2.35. The number of carbonyl (C=O) groups excluding carboxylic acids is 1. The molecule has 0 aliphatic carbocycles. The zero-order valence-electron chi connectivity index (χ0n) is 15.0. The minimum Gasteiger partial charge on any atom is -0.354 e. The molecular formula is C18H25N3O3S2. The van der Waals surface area contributed by atoms with Crippen LogP contribution in [0.1, 0.15) is 30.3 Å². The molecule has 0 radical (unpaired) electrons. The molecule has 1 aromatic carbocycles. The Bertz CT molecular complexity index is 815. The highest BCUT2D eigenvalue weighted by Gasteiger charge is 2.23. The van der Waals surface area contributed by atoms with Crippen molar-refractivity contribution in [1.82, 2.24) is 9.62 Å². The number of sulfonamides is 1. The number of nitrogens with one attached hydrogen (secondary N) is 1. The van der Waals surface area contributed by atoms with Crippen LogP contribution in [0.15, 0.2) is 46.7 Å². The van der Waals surface area contributed by atoms with Crippen molar-refractivity contribution in [1.29, 1.82) is 0 Å². The van der Waals surface area contributed by atoms with Crippen LogP contribution in [0.3, 0.4) is 0 Å². The lowest BCUT2D eigenvalue weighted by atomic mass is 10.1. The van der Waals surface area contributed by atoms with Gasteiger partial charge in [-0.05, 0) is 24.1 Å². The summed E-state index contributed by atoms with van der Waals surface area (Å²) in [7, 11) is -3.43. The van der Waals surface area contributed by atoms with Crippen LogP contribution in [-0.4, -0.2) is 38.3 Å². The minimum absolute atomic E-state index is 0.247. The van der Waals surface area contributed by atoms with Gasteiger partial charge in [0.05, 0.1) is 0 Å². The second-order valence-electron chi connectivity index (χ2n) is 5.74. The summed E-state index contributed by atoms with van der Waals surface area (Å²) in [4.78, 5) is 13.0. The molecule has 0 aliphatic heterocycles. The van der Waals surface area contributed by atoms with Gasteiger partial charge in [0.25, 0.3) is 10.0 Å². The van der Waals surface area contributed by atoms with E-state index in [0.717, 1.165) is 10.4 Å². The van der Waals surface area contributed by atoms with E-state index < -0.39 is 16.1 Å². The van der Waals surface area contributed by atoms with Crippen LogP contribution in [0, 0.1) is 0 Å². The van der Waals surface area contributed by atoms with Crippen molar-refractivity contribution in [2.75, 3.05) is 19.6 Å². The third-order valence-corrected chi connectivity index (χ3v) is 7.71. The summed E-state index contributed by atoms with van der Waals surface area (Å²) >= 11 is 1.24. The van der Waals surface area contributed by atoms with Crippen molar-refractivity contribution in [3.63, 3.8) is 0 Å². The molecule has 0 saturated carbocycles. The number of nitrogens with two attached hydrogens (primary N) is 1. The Balaban J connectivity index is 1.91. The Morgan fingerprint density at radius 2 is 1.81 bits per heavy atom. The van der Waals surface area contributed by atoms with E-state index in [9.17, 15) is 13.2 Å². The molecule has 0 aliphatic rings. The first-order valence-electron chi connectivity index (χ1n) is 8.57. The third-order valence-electron chi connectivity index (χ3n) is 4.05. The second kappa shape index (κ2) is 9.27. The van der Waals surface area contributed by atoms with E-state index in [-0.39, 0.29) is 5.91 Å². The fourth-order valence-corrected chi connectivity index (χ4v) is 5.52. The number of hydrogen-bond acceptors (Lipinski definition) is 5. The first-order valence-corrected chi connectivity index (χ1v) is 10.8. The quantitative estimate of drug-likeness (QED) is 0.680. The van der Waals surface area contributed by atoms with Crippen molar-refractivity contribution in [3.05, 3.63) is 52.9 Å². The number of thiophene rings is 1. The smallest absolute Gasteiger partial charge is 0.252 e. The molecule has 0 fully saturated rings. The molecule has 8 heteroatoms. The monoisotopic (exact) mass is 395 g/mol. The molecular weight excluding hydrogens is 370 g/mol. The summed E-state index contributed by atoms with van der Waals surface area (Å²) in [6, 6.07) is 11.9. The minimum atomic E-state index is -3.43. The third kappa shape index (κ3) is 4.91. The van der Waals surface area contributed by atoms with Gasteiger partial charge in [-0.25, -0.2) is 8.42 Å². The van der Waals surface area contributed by atoms with Gasteiger partial charge in [-0.1, -0.05) is 44.2 Å². The molecule has 0 saturated heterocycles. The van der Waals surface area contributed by atoms with Gasteiger partial charge in [0.2, 0.25) is 5.91 Å². The van der Waals surface area contributed by atoms with Gasteiger partial charge in [-0.3, -0.25) is 4.79 Å². The zero-order chi connectivity index (χ0) is 19.2. The average Bonchev–Trinajstić information content (AvgIpc) is 3.12. The molecule has 1 amide bonds. The van der Waals surface area contributed by atoms with Crippen molar-refractivity contribution in [2.24, 2.45) is 5.73 Å². The van der Waals surface area contributed by atoms with Gasteiger partial charge in [0.1, 0.15) is 10.3 Å². The van der Waals surface area contributed by atoms with Crippen molar-refractivity contribution < 1.29 is 13.2 Å². The van der Waals surface area contributed by atoms with Crippen molar-refractivity contribution in [2.45, 2.75) is 30.5 Å². The molecule has 26 heavy (non-hydrogen) atoms. The van der Waals surface area contributed by atoms with Crippen molar-refractivity contribution in [3.8, 4) is 0 Å². The molecule has 1 heterocycles. The van der Waals surface area contributed by atoms with E-state index >= 15 is 0 Å². The van der Waals surface area contributed by atoms with E-state index in [2.05, 4.69) is 5.32 Å². The van der Waals surface area contributed by atoms with Crippen LogP contribution >= 0.6 is 11.3 Å². The van der Waals surface area contributed by atoms with Gasteiger partial charge in [0, 0.05) is 24.5 Å². The highest BCUT2D eigenvalue weighted by atomic mass is 32.2. The van der Waals surface area contributed by atoms with Gasteiger partial charge in [-0.2, -0.15) is 4.31 Å². The van der Waals surface area contributed by atoms with Gasteiger partial charge < -0.3 is 11.1 Å². The summed E-state index contributed by atoms with van der Waals surface area (Å²) in [5.74, 6) is -0.247. The van der Waals surface area contributed by atoms with Crippen LogP contribution in [-0.2, 0) is 21.2 Å². The van der Waals surface area contributed by atoms with E-state index in [0.29, 0.717) is 30.3 Å². The van der Waals surface area contributed by atoms with Gasteiger partial charge in [-0.15, -0.1) is 11.3 Å². The van der Waals surface area contributed by atoms with Gasteiger partial charge >= 0.3 is 0 Å². The SMILES string of the molecule is CCN(CC)S(=O)(=O)c1ccc(CCNC(=O)C(N)c2ccccc2)s1. The van der Waals surface area contributed by atoms with Crippen LogP contribution in [0.5, 0.6) is 0 Å². The predicted molar refractivity (Wildman–Crippen MR) is 105 cm³/mol. The van der Waals surface area contributed by atoms with E-state index in [1.165, 1.54) is 15.6 Å². The number of hydrogen-bond donors (Lipinski definition) is 2. The van der Waals surface area contributed by atoms with Crippen LogP contribution in [0.25, 0.3) is 0 Å². The Hall–Kier alpha value is -1.74. The normalized spacial score (nSPS) is 12.9. The first-order chi connectivity index (χ1) is 12.4. The predicted octanol–water partition coefficient (Wildman–Crippen LogP) is 2.14.